The number of sulfonamides is 1. The molecule has 0 spiro atoms. The maximum Gasteiger partial charge on any atom is 0.255 e. The molecule has 13 heavy (non-hydrogen) atoms. The first-order valence-corrected chi connectivity index (χ1v) is 5.63. The molecule has 0 fully saturated rings. The van der Waals surface area contributed by atoms with E-state index in [-0.39, 0.29) is 5.03 Å². The highest BCUT2D eigenvalue weighted by Gasteiger charge is 2.12. The highest BCUT2D eigenvalue weighted by Crippen LogP contribution is 2.06. The average Bonchev–Trinajstić information content (AvgIpc) is 2.47. The van der Waals surface area contributed by atoms with Crippen molar-refractivity contribution in [1.82, 2.24) is 9.55 Å². The number of primary sulfonamides is 1. The third-order valence-electron chi connectivity index (χ3n) is 1.72. The van der Waals surface area contributed by atoms with E-state index in [0.29, 0.717) is 6.54 Å². The van der Waals surface area contributed by atoms with Gasteiger partial charge in [-0.15, -0.1) is 0 Å². The molecule has 0 aliphatic carbocycles. The molecule has 0 bridgehead atoms. The summed E-state index contributed by atoms with van der Waals surface area (Å²) in [5.41, 5.74) is 0. The maximum absolute atomic E-state index is 11.0. The van der Waals surface area contributed by atoms with Crippen LogP contribution in [0, 0.1) is 0 Å². The lowest BCUT2D eigenvalue weighted by Crippen LogP contribution is -2.17. The first-order valence-electron chi connectivity index (χ1n) is 4.08. The number of unbranched alkanes of at least 4 members (excludes halogenated alkanes) is 1. The van der Waals surface area contributed by atoms with Crippen LogP contribution in [0.15, 0.2) is 17.6 Å². The van der Waals surface area contributed by atoms with Crippen LogP contribution in [0.4, 0.5) is 0 Å². The lowest BCUT2D eigenvalue weighted by molar-refractivity contribution is 0.557. The first-order chi connectivity index (χ1) is 6.05. The quantitative estimate of drug-likeness (QED) is 0.766. The number of imidazole rings is 1. The fourth-order valence-corrected chi connectivity index (χ4v) is 1.71. The van der Waals surface area contributed by atoms with Crippen LogP contribution >= 0.6 is 0 Å². The molecule has 1 aromatic rings. The van der Waals surface area contributed by atoms with Crippen LogP contribution in [0.5, 0.6) is 0 Å². The van der Waals surface area contributed by atoms with Crippen molar-refractivity contribution in [2.45, 2.75) is 31.3 Å². The predicted molar refractivity (Wildman–Crippen MR) is 48.5 cm³/mol. The molecule has 5 nitrogen and oxygen atoms in total. The zero-order valence-corrected chi connectivity index (χ0v) is 8.29. The normalized spacial score (nSPS) is 11.8. The van der Waals surface area contributed by atoms with E-state index in [1.807, 2.05) is 6.92 Å². The Morgan fingerprint density at radius 3 is 2.85 bits per heavy atom. The number of aryl methyl sites for hydroxylation is 1. The molecule has 6 heteroatoms. The molecule has 0 saturated heterocycles. The smallest absolute Gasteiger partial charge is 0.255 e. The van der Waals surface area contributed by atoms with E-state index in [2.05, 4.69) is 4.98 Å². The third-order valence-corrected chi connectivity index (χ3v) is 2.64. The summed E-state index contributed by atoms with van der Waals surface area (Å²) in [7, 11) is -3.62. The number of rotatable bonds is 4. The van der Waals surface area contributed by atoms with Crippen LogP contribution in [-0.4, -0.2) is 18.0 Å². The third kappa shape index (κ3) is 2.53. The number of hydrogen-bond donors (Lipinski definition) is 1. The lowest BCUT2D eigenvalue weighted by Gasteiger charge is -2.04. The van der Waals surface area contributed by atoms with Crippen molar-refractivity contribution < 1.29 is 8.42 Å². The molecule has 1 rings (SSSR count). The molecule has 0 saturated carbocycles. The van der Waals surface area contributed by atoms with Gasteiger partial charge in [-0.2, -0.15) is 0 Å². The molecule has 0 amide bonds. The van der Waals surface area contributed by atoms with Gasteiger partial charge in [0.2, 0.25) is 0 Å². The highest BCUT2D eigenvalue weighted by atomic mass is 32.2. The summed E-state index contributed by atoms with van der Waals surface area (Å²) in [6.07, 6.45) is 4.67. The Bertz CT molecular complexity index is 369. The highest BCUT2D eigenvalue weighted by molar-refractivity contribution is 7.89. The molecule has 0 aliphatic heterocycles. The van der Waals surface area contributed by atoms with E-state index >= 15 is 0 Å². The fraction of sp³-hybridized carbons (Fsp3) is 0.571. The summed E-state index contributed by atoms with van der Waals surface area (Å²) in [6, 6.07) is 0. The van der Waals surface area contributed by atoms with Gasteiger partial charge in [0.05, 0.1) is 12.5 Å². The molecule has 74 valence electrons. The Morgan fingerprint density at radius 2 is 2.31 bits per heavy atom. The molecule has 2 N–H and O–H groups in total. The van der Waals surface area contributed by atoms with Gasteiger partial charge in [0.15, 0.2) is 5.03 Å². The lowest BCUT2D eigenvalue weighted by atomic mass is 10.3. The average molecular weight is 203 g/mol. The second kappa shape index (κ2) is 3.89. The second-order valence-corrected chi connectivity index (χ2v) is 4.33. The fourth-order valence-electron chi connectivity index (χ4n) is 1.04. The van der Waals surface area contributed by atoms with Gasteiger partial charge >= 0.3 is 0 Å². The van der Waals surface area contributed by atoms with E-state index < -0.39 is 10.0 Å². The van der Waals surface area contributed by atoms with Gasteiger partial charge in [-0.25, -0.2) is 18.5 Å². The standard InChI is InChI=1S/C7H13N3O2S/c1-2-3-4-10-6-9-5-7(10)13(8,11)12/h5-6H,2-4H2,1H3,(H2,8,11,12). The second-order valence-electron chi connectivity index (χ2n) is 2.82. The maximum atomic E-state index is 11.0. The van der Waals surface area contributed by atoms with Gasteiger partial charge < -0.3 is 4.57 Å². The van der Waals surface area contributed by atoms with Crippen molar-refractivity contribution in [3.63, 3.8) is 0 Å². The minimum atomic E-state index is -3.62. The van der Waals surface area contributed by atoms with Crippen LogP contribution in [0.1, 0.15) is 19.8 Å². The summed E-state index contributed by atoms with van der Waals surface area (Å²) in [4.78, 5) is 3.75. The first kappa shape index (κ1) is 10.2. The Kier molecular flexibility index (Phi) is 3.05. The molecule has 0 unspecified atom stereocenters. The van der Waals surface area contributed by atoms with Gasteiger partial charge in [0, 0.05) is 6.54 Å². The molecule has 0 aliphatic rings. The Balaban J connectivity index is 2.90. The predicted octanol–water partition coefficient (Wildman–Crippen LogP) is 0.331. The summed E-state index contributed by atoms with van der Waals surface area (Å²) in [5.74, 6) is 0. The van der Waals surface area contributed by atoms with Crippen molar-refractivity contribution in [2.24, 2.45) is 5.14 Å². The van der Waals surface area contributed by atoms with Gasteiger partial charge in [0.25, 0.3) is 10.0 Å². The topological polar surface area (TPSA) is 78.0 Å². The van der Waals surface area contributed by atoms with Crippen LogP contribution in [0.25, 0.3) is 0 Å². The van der Waals surface area contributed by atoms with E-state index in [9.17, 15) is 8.42 Å². The van der Waals surface area contributed by atoms with Gasteiger partial charge in [-0.05, 0) is 6.42 Å². The van der Waals surface area contributed by atoms with Crippen molar-refractivity contribution in [1.29, 1.82) is 0 Å². The van der Waals surface area contributed by atoms with Crippen LogP contribution in [-0.2, 0) is 16.6 Å². The molecule has 0 aromatic carbocycles. The van der Waals surface area contributed by atoms with E-state index in [1.54, 1.807) is 4.57 Å². The van der Waals surface area contributed by atoms with Crippen LogP contribution < -0.4 is 5.14 Å². The molecule has 0 radical (unpaired) electrons. The number of nitrogens with two attached hydrogens (primary N) is 1. The van der Waals surface area contributed by atoms with Gasteiger partial charge in [0.1, 0.15) is 0 Å². The number of hydrogen-bond acceptors (Lipinski definition) is 3. The largest absolute Gasteiger partial charge is 0.321 e. The summed E-state index contributed by atoms with van der Waals surface area (Å²) >= 11 is 0. The number of aromatic nitrogens is 2. The SMILES string of the molecule is CCCCn1cncc1S(N)(=O)=O. The molecular weight excluding hydrogens is 190 g/mol. The molecule has 1 aromatic heterocycles. The van der Waals surface area contributed by atoms with Crippen LogP contribution in [0.3, 0.4) is 0 Å². The van der Waals surface area contributed by atoms with Gasteiger partial charge in [-0.1, -0.05) is 13.3 Å². The minimum absolute atomic E-state index is 0.0842. The Labute approximate surface area is 77.6 Å². The Morgan fingerprint density at radius 1 is 1.62 bits per heavy atom. The summed E-state index contributed by atoms with van der Waals surface area (Å²) in [5, 5.41) is 5.07. The van der Waals surface area contributed by atoms with E-state index in [4.69, 9.17) is 5.14 Å². The molecule has 0 atom stereocenters. The van der Waals surface area contributed by atoms with Crippen LogP contribution in [0.2, 0.25) is 0 Å². The zero-order chi connectivity index (χ0) is 9.90. The van der Waals surface area contributed by atoms with Crippen molar-refractivity contribution >= 4 is 10.0 Å². The summed E-state index contributed by atoms with van der Waals surface area (Å²) in [6.45, 7) is 2.68. The monoisotopic (exact) mass is 203 g/mol. The zero-order valence-electron chi connectivity index (χ0n) is 7.47. The van der Waals surface area contributed by atoms with Crippen molar-refractivity contribution in [3.05, 3.63) is 12.5 Å². The van der Waals surface area contributed by atoms with Crippen molar-refractivity contribution in [3.8, 4) is 0 Å². The van der Waals surface area contributed by atoms with Crippen molar-refractivity contribution in [2.75, 3.05) is 0 Å². The minimum Gasteiger partial charge on any atom is -0.321 e. The van der Waals surface area contributed by atoms with E-state index in [1.165, 1.54) is 12.5 Å². The molecule has 1 heterocycles. The Hall–Kier alpha value is -0.880. The van der Waals surface area contributed by atoms with Gasteiger partial charge in [-0.3, -0.25) is 0 Å². The number of nitrogens with zero attached hydrogens (tertiary/aromatic N) is 2. The molecular formula is C7H13N3O2S. The van der Waals surface area contributed by atoms with E-state index in [0.717, 1.165) is 12.8 Å². The summed E-state index contributed by atoms with van der Waals surface area (Å²) < 4.78 is 23.5.